The quantitative estimate of drug-likeness (QED) is 0.621. The van der Waals surface area contributed by atoms with E-state index in [1.165, 1.54) is 56.3 Å². The molecule has 86 valence electrons. The summed E-state index contributed by atoms with van der Waals surface area (Å²) in [6.07, 6.45) is 15.4. The lowest BCUT2D eigenvalue weighted by Crippen LogP contribution is -2.27. The van der Waals surface area contributed by atoms with E-state index in [4.69, 9.17) is 0 Å². The van der Waals surface area contributed by atoms with Crippen LogP contribution >= 0.6 is 0 Å². The van der Waals surface area contributed by atoms with E-state index < -0.39 is 0 Å². The lowest BCUT2D eigenvalue weighted by molar-refractivity contribution is 0.134. The average molecular weight is 206 g/mol. The van der Waals surface area contributed by atoms with Gasteiger partial charge < -0.3 is 0 Å². The van der Waals surface area contributed by atoms with Crippen molar-refractivity contribution >= 4 is 0 Å². The van der Waals surface area contributed by atoms with Gasteiger partial charge in [-0.3, -0.25) is 0 Å². The van der Waals surface area contributed by atoms with E-state index in [2.05, 4.69) is 6.92 Å². The molecule has 0 nitrogen and oxygen atoms in total. The number of hydrogen-bond acceptors (Lipinski definition) is 0. The van der Waals surface area contributed by atoms with Gasteiger partial charge in [-0.1, -0.05) is 26.2 Å². The van der Waals surface area contributed by atoms with Crippen molar-refractivity contribution < 1.29 is 0 Å². The van der Waals surface area contributed by atoms with Crippen LogP contribution in [0.2, 0.25) is 0 Å². The van der Waals surface area contributed by atoms with Gasteiger partial charge in [0.05, 0.1) is 0 Å². The van der Waals surface area contributed by atoms with Gasteiger partial charge in [0.25, 0.3) is 0 Å². The highest BCUT2D eigenvalue weighted by Gasteiger charge is 2.45. The topological polar surface area (TPSA) is 0 Å². The fourth-order valence-corrected chi connectivity index (χ4v) is 4.73. The molecule has 0 heterocycles. The summed E-state index contributed by atoms with van der Waals surface area (Å²) in [6, 6.07) is 0. The number of hydrogen-bond donors (Lipinski definition) is 0. The van der Waals surface area contributed by atoms with Crippen LogP contribution in [-0.4, -0.2) is 0 Å². The van der Waals surface area contributed by atoms with Crippen LogP contribution in [0.15, 0.2) is 0 Å². The molecule has 0 heteroatoms. The molecule has 2 atom stereocenters. The summed E-state index contributed by atoms with van der Waals surface area (Å²) in [5, 5.41) is 0. The van der Waals surface area contributed by atoms with Gasteiger partial charge in [0.2, 0.25) is 0 Å². The van der Waals surface area contributed by atoms with Crippen LogP contribution in [-0.2, 0) is 0 Å². The fourth-order valence-electron chi connectivity index (χ4n) is 4.73. The maximum atomic E-state index is 2.54. The Balaban J connectivity index is 1.40. The monoisotopic (exact) mass is 206 g/mol. The molecule has 0 radical (unpaired) electrons. The van der Waals surface area contributed by atoms with Crippen molar-refractivity contribution in [1.29, 1.82) is 0 Å². The Kier molecular flexibility index (Phi) is 2.57. The highest BCUT2D eigenvalue weighted by atomic mass is 14.5. The maximum Gasteiger partial charge on any atom is -0.0326 e. The minimum absolute atomic E-state index is 0.753. The van der Waals surface area contributed by atoms with E-state index in [9.17, 15) is 0 Å². The van der Waals surface area contributed by atoms with Gasteiger partial charge in [0, 0.05) is 0 Å². The van der Waals surface area contributed by atoms with Gasteiger partial charge in [0.1, 0.15) is 0 Å². The van der Waals surface area contributed by atoms with Gasteiger partial charge in [-0.15, -0.1) is 0 Å². The van der Waals surface area contributed by atoms with Crippen molar-refractivity contribution in [2.75, 3.05) is 0 Å². The Labute approximate surface area is 94.8 Å². The van der Waals surface area contributed by atoms with Crippen LogP contribution in [0.5, 0.6) is 0 Å². The largest absolute Gasteiger partial charge is 0.0596 e. The standard InChI is InChI=1S/C15H26/c1-15(8-2-3-9-15)10-4-5-14-12-6-7-13(14)11-12/h12-14H,2-11H2,1H3. The van der Waals surface area contributed by atoms with Crippen molar-refractivity contribution in [3.63, 3.8) is 0 Å². The minimum Gasteiger partial charge on any atom is -0.0596 e. The third-order valence-electron chi connectivity index (χ3n) is 5.85. The van der Waals surface area contributed by atoms with Gasteiger partial charge in [0.15, 0.2) is 0 Å². The SMILES string of the molecule is CC1(CCCC2C3CCC2C3)CCCC1. The molecule has 0 amide bonds. The zero-order valence-electron chi connectivity index (χ0n) is 10.3. The molecule has 0 aromatic carbocycles. The predicted octanol–water partition coefficient (Wildman–Crippen LogP) is 4.78. The molecule has 0 aromatic heterocycles. The minimum atomic E-state index is 0.753. The summed E-state index contributed by atoms with van der Waals surface area (Å²) in [5.41, 5.74) is 0.753. The van der Waals surface area contributed by atoms with Crippen LogP contribution in [0.3, 0.4) is 0 Å². The third-order valence-corrected chi connectivity index (χ3v) is 5.85. The summed E-state index contributed by atoms with van der Waals surface area (Å²) < 4.78 is 0. The molecular formula is C15H26. The molecule has 0 spiro atoms. The highest BCUT2D eigenvalue weighted by Crippen LogP contribution is 2.55. The highest BCUT2D eigenvalue weighted by molar-refractivity contribution is 4.96. The number of rotatable bonds is 4. The molecule has 0 aromatic rings. The molecule has 0 N–H and O–H groups in total. The Hall–Kier alpha value is 0. The molecule has 4 fully saturated rings. The molecule has 4 saturated carbocycles. The Morgan fingerprint density at radius 1 is 1.07 bits per heavy atom. The molecule has 0 saturated heterocycles. The van der Waals surface area contributed by atoms with Gasteiger partial charge in [-0.25, -0.2) is 0 Å². The Morgan fingerprint density at radius 3 is 2.33 bits per heavy atom. The van der Waals surface area contributed by atoms with Crippen molar-refractivity contribution in [3.8, 4) is 0 Å². The van der Waals surface area contributed by atoms with Crippen LogP contribution in [0, 0.1) is 23.2 Å². The van der Waals surface area contributed by atoms with Gasteiger partial charge in [-0.2, -0.15) is 0 Å². The molecular weight excluding hydrogens is 180 g/mol. The molecule has 4 rings (SSSR count). The molecule has 0 aliphatic heterocycles. The normalized spacial score (nSPS) is 41.8. The molecule has 4 aliphatic carbocycles. The van der Waals surface area contributed by atoms with E-state index >= 15 is 0 Å². The smallest absolute Gasteiger partial charge is 0.0326 e. The van der Waals surface area contributed by atoms with E-state index in [1.807, 2.05) is 0 Å². The summed E-state index contributed by atoms with van der Waals surface area (Å²) >= 11 is 0. The summed E-state index contributed by atoms with van der Waals surface area (Å²) in [7, 11) is 0. The van der Waals surface area contributed by atoms with Gasteiger partial charge >= 0.3 is 0 Å². The lowest BCUT2D eigenvalue weighted by atomic mass is 9.69. The van der Waals surface area contributed by atoms with Gasteiger partial charge in [-0.05, 0) is 68.1 Å². The Morgan fingerprint density at radius 2 is 1.73 bits per heavy atom. The zero-order valence-corrected chi connectivity index (χ0v) is 10.3. The first kappa shape index (κ1) is 10.2. The fraction of sp³-hybridized carbons (Fsp3) is 1.00. The molecule has 2 unspecified atom stereocenters. The Bertz CT molecular complexity index is 210. The third kappa shape index (κ3) is 1.85. The second kappa shape index (κ2) is 3.79. The second-order valence-electron chi connectivity index (χ2n) is 6.91. The van der Waals surface area contributed by atoms with Crippen LogP contribution in [0.1, 0.15) is 71.1 Å². The van der Waals surface area contributed by atoms with Crippen LogP contribution in [0.4, 0.5) is 0 Å². The van der Waals surface area contributed by atoms with Crippen molar-refractivity contribution in [1.82, 2.24) is 0 Å². The van der Waals surface area contributed by atoms with E-state index in [0.717, 1.165) is 5.41 Å². The van der Waals surface area contributed by atoms with Crippen LogP contribution in [0.25, 0.3) is 0 Å². The first-order valence-corrected chi connectivity index (χ1v) is 7.27. The van der Waals surface area contributed by atoms with Crippen molar-refractivity contribution in [3.05, 3.63) is 0 Å². The zero-order chi connectivity index (χ0) is 10.3. The average Bonchev–Trinajstić information content (AvgIpc) is 2.87. The maximum absolute atomic E-state index is 2.54. The predicted molar refractivity (Wildman–Crippen MR) is 64.7 cm³/mol. The van der Waals surface area contributed by atoms with E-state index in [0.29, 0.717) is 0 Å². The first-order valence-electron chi connectivity index (χ1n) is 7.27. The molecule has 4 aliphatic rings. The van der Waals surface area contributed by atoms with Crippen LogP contribution < -0.4 is 0 Å². The molecule has 15 heavy (non-hydrogen) atoms. The first-order chi connectivity index (χ1) is 7.27. The van der Waals surface area contributed by atoms with E-state index in [-0.39, 0.29) is 0 Å². The number of fused-ring (bicyclic) bond motifs is 1. The second-order valence-corrected chi connectivity index (χ2v) is 6.91. The lowest BCUT2D eigenvalue weighted by Gasteiger charge is -2.36. The summed E-state index contributed by atoms with van der Waals surface area (Å²) in [4.78, 5) is 0. The van der Waals surface area contributed by atoms with E-state index in [1.54, 1.807) is 25.7 Å². The van der Waals surface area contributed by atoms with Crippen molar-refractivity contribution in [2.24, 2.45) is 23.2 Å². The molecule has 2 bridgehead atoms. The summed E-state index contributed by atoms with van der Waals surface area (Å²) in [6.45, 7) is 2.54. The summed E-state index contributed by atoms with van der Waals surface area (Å²) in [5.74, 6) is 3.52. The van der Waals surface area contributed by atoms with Crippen molar-refractivity contribution in [2.45, 2.75) is 71.1 Å².